The van der Waals surface area contributed by atoms with E-state index in [0.29, 0.717) is 10.2 Å². The van der Waals surface area contributed by atoms with Gasteiger partial charge in [0.25, 0.3) is 0 Å². The molecule has 0 saturated heterocycles. The van der Waals surface area contributed by atoms with Crippen molar-refractivity contribution in [1.82, 2.24) is 0 Å². The summed E-state index contributed by atoms with van der Waals surface area (Å²) in [5.74, 6) is -0.542. The highest BCUT2D eigenvalue weighted by atomic mass is 79.9. The molecular weight excluding hydrogens is 251 g/mol. The summed E-state index contributed by atoms with van der Waals surface area (Å²) >= 11 is 3.08. The summed E-state index contributed by atoms with van der Waals surface area (Å²) in [4.78, 5) is 11.2. The molecule has 1 aromatic carbocycles. The van der Waals surface area contributed by atoms with Crippen LogP contribution in [0.25, 0.3) is 0 Å². The summed E-state index contributed by atoms with van der Waals surface area (Å²) in [5, 5.41) is 5.58. The molecule has 0 aliphatic carbocycles. The average Bonchev–Trinajstić information content (AvgIpc) is 2.11. The highest BCUT2D eigenvalue weighted by molar-refractivity contribution is 9.10. The molecule has 0 fully saturated rings. The Morgan fingerprint density at radius 2 is 2.14 bits per heavy atom. The Morgan fingerprint density at radius 1 is 1.43 bits per heavy atom. The minimum absolute atomic E-state index is 0.153. The van der Waals surface area contributed by atoms with Crippen LogP contribution in [0.4, 0.5) is 15.8 Å². The summed E-state index contributed by atoms with van der Waals surface area (Å²) in [5.41, 5.74) is 1.21. The number of amides is 1. The van der Waals surface area contributed by atoms with Crippen molar-refractivity contribution in [3.05, 3.63) is 22.4 Å². The van der Waals surface area contributed by atoms with E-state index in [-0.39, 0.29) is 17.8 Å². The van der Waals surface area contributed by atoms with Crippen LogP contribution in [0.2, 0.25) is 0 Å². The Labute approximate surface area is 88.8 Å². The van der Waals surface area contributed by atoms with Crippen LogP contribution >= 0.6 is 15.9 Å². The summed E-state index contributed by atoms with van der Waals surface area (Å²) in [6, 6.07) is 2.61. The van der Waals surface area contributed by atoms with Crippen molar-refractivity contribution in [3.63, 3.8) is 0 Å². The fraction of sp³-hybridized carbons (Fsp3) is 0.222. The lowest BCUT2D eigenvalue weighted by atomic mass is 10.1. The predicted octanol–water partition coefficient (Wildman–Crippen LogP) is 2.34. The molecule has 1 aliphatic heterocycles. The molecule has 1 aromatic rings. The molecule has 0 radical (unpaired) electrons. The second-order valence-electron chi connectivity index (χ2n) is 3.17. The predicted molar refractivity (Wildman–Crippen MR) is 55.8 cm³/mol. The number of carbonyl (C=O) groups excluding carboxylic acids is 1. The fourth-order valence-corrected chi connectivity index (χ4v) is 1.65. The van der Waals surface area contributed by atoms with Gasteiger partial charge in [-0.3, -0.25) is 4.79 Å². The van der Waals surface area contributed by atoms with Gasteiger partial charge in [0, 0.05) is 6.07 Å². The number of rotatable bonds is 0. The Morgan fingerprint density at radius 3 is 2.86 bits per heavy atom. The number of benzene rings is 1. The summed E-state index contributed by atoms with van der Waals surface area (Å²) in [6.07, 6.45) is 0. The van der Waals surface area contributed by atoms with Crippen molar-refractivity contribution < 1.29 is 9.18 Å². The van der Waals surface area contributed by atoms with Crippen LogP contribution < -0.4 is 10.6 Å². The topological polar surface area (TPSA) is 41.1 Å². The largest absolute Gasteiger partial charge is 0.372 e. The normalized spacial score (nSPS) is 19.6. The summed E-state index contributed by atoms with van der Waals surface area (Å²) in [6.45, 7) is 1.75. The van der Waals surface area contributed by atoms with Crippen molar-refractivity contribution >= 4 is 33.2 Å². The first-order valence-corrected chi connectivity index (χ1v) is 4.93. The standard InChI is InChI=1S/C9H8BrFN2O/c1-4-9(14)13-8-3-6(11)5(10)2-7(8)12-4/h2-4,12H,1H3,(H,13,14). The monoisotopic (exact) mass is 258 g/mol. The van der Waals surface area contributed by atoms with Crippen LogP contribution in [-0.2, 0) is 4.79 Å². The molecular formula is C9H8BrFN2O. The van der Waals surface area contributed by atoms with Gasteiger partial charge in [0.05, 0.1) is 15.8 Å². The van der Waals surface area contributed by atoms with Crippen LogP contribution in [-0.4, -0.2) is 11.9 Å². The van der Waals surface area contributed by atoms with Gasteiger partial charge in [-0.15, -0.1) is 0 Å². The number of nitrogens with one attached hydrogen (secondary N) is 2. The number of anilines is 2. The Bertz CT molecular complexity index is 408. The van der Waals surface area contributed by atoms with Crippen LogP contribution in [0.3, 0.4) is 0 Å². The lowest BCUT2D eigenvalue weighted by molar-refractivity contribution is -0.116. The number of hydrogen-bond donors (Lipinski definition) is 2. The highest BCUT2D eigenvalue weighted by Crippen LogP contribution is 2.31. The molecule has 3 nitrogen and oxygen atoms in total. The van der Waals surface area contributed by atoms with E-state index < -0.39 is 0 Å². The van der Waals surface area contributed by atoms with Gasteiger partial charge in [0.2, 0.25) is 5.91 Å². The SMILES string of the molecule is CC1Nc2cc(Br)c(F)cc2NC1=O. The second kappa shape index (κ2) is 3.24. The molecule has 5 heteroatoms. The van der Waals surface area contributed by atoms with E-state index in [2.05, 4.69) is 26.6 Å². The van der Waals surface area contributed by atoms with Crippen molar-refractivity contribution in [2.45, 2.75) is 13.0 Å². The molecule has 0 bridgehead atoms. The minimum Gasteiger partial charge on any atom is -0.372 e. The third kappa shape index (κ3) is 1.48. The molecule has 1 heterocycles. The fourth-order valence-electron chi connectivity index (χ4n) is 1.31. The Kier molecular flexibility index (Phi) is 2.19. The molecule has 74 valence electrons. The van der Waals surface area contributed by atoms with Crippen molar-refractivity contribution in [3.8, 4) is 0 Å². The summed E-state index contributed by atoms with van der Waals surface area (Å²) < 4.78 is 13.5. The number of halogens is 2. The third-order valence-electron chi connectivity index (χ3n) is 2.08. The molecule has 0 saturated carbocycles. The lowest BCUT2D eigenvalue weighted by Gasteiger charge is -2.24. The maximum Gasteiger partial charge on any atom is 0.246 e. The van der Waals surface area contributed by atoms with E-state index in [1.807, 2.05) is 0 Å². The molecule has 1 amide bonds. The third-order valence-corrected chi connectivity index (χ3v) is 2.69. The van der Waals surface area contributed by atoms with Gasteiger partial charge in [-0.1, -0.05) is 0 Å². The van der Waals surface area contributed by atoms with E-state index in [1.54, 1.807) is 13.0 Å². The van der Waals surface area contributed by atoms with Gasteiger partial charge in [0.15, 0.2) is 0 Å². The summed E-state index contributed by atoms with van der Waals surface area (Å²) in [7, 11) is 0. The van der Waals surface area contributed by atoms with Crippen molar-refractivity contribution in [2.75, 3.05) is 10.6 Å². The first-order valence-electron chi connectivity index (χ1n) is 4.14. The van der Waals surface area contributed by atoms with E-state index in [0.717, 1.165) is 5.69 Å². The molecule has 14 heavy (non-hydrogen) atoms. The maximum absolute atomic E-state index is 13.1. The van der Waals surface area contributed by atoms with Gasteiger partial charge in [-0.2, -0.15) is 0 Å². The molecule has 0 aromatic heterocycles. The van der Waals surface area contributed by atoms with Crippen molar-refractivity contribution in [2.24, 2.45) is 0 Å². The molecule has 1 unspecified atom stereocenters. The van der Waals surface area contributed by atoms with E-state index in [4.69, 9.17) is 0 Å². The van der Waals surface area contributed by atoms with Crippen LogP contribution in [0.5, 0.6) is 0 Å². The van der Waals surface area contributed by atoms with Gasteiger partial charge >= 0.3 is 0 Å². The molecule has 0 spiro atoms. The smallest absolute Gasteiger partial charge is 0.246 e. The number of hydrogen-bond acceptors (Lipinski definition) is 2. The van der Waals surface area contributed by atoms with Gasteiger partial charge < -0.3 is 10.6 Å². The van der Waals surface area contributed by atoms with E-state index in [1.165, 1.54) is 6.07 Å². The zero-order chi connectivity index (χ0) is 10.3. The first kappa shape index (κ1) is 9.45. The van der Waals surface area contributed by atoms with Crippen LogP contribution in [0.1, 0.15) is 6.92 Å². The van der Waals surface area contributed by atoms with Gasteiger partial charge in [-0.25, -0.2) is 4.39 Å². The molecule has 1 atom stereocenters. The maximum atomic E-state index is 13.1. The van der Waals surface area contributed by atoms with Gasteiger partial charge in [-0.05, 0) is 28.9 Å². The van der Waals surface area contributed by atoms with Crippen molar-refractivity contribution in [1.29, 1.82) is 0 Å². The average molecular weight is 259 g/mol. The molecule has 2 N–H and O–H groups in total. The second-order valence-corrected chi connectivity index (χ2v) is 4.02. The van der Waals surface area contributed by atoms with Crippen LogP contribution in [0.15, 0.2) is 16.6 Å². The number of carbonyl (C=O) groups is 1. The quantitative estimate of drug-likeness (QED) is 0.750. The van der Waals surface area contributed by atoms with E-state index >= 15 is 0 Å². The van der Waals surface area contributed by atoms with Crippen LogP contribution in [0, 0.1) is 5.82 Å². The Hall–Kier alpha value is -1.10. The zero-order valence-electron chi connectivity index (χ0n) is 7.40. The number of fused-ring (bicyclic) bond motifs is 1. The minimum atomic E-state index is -0.389. The zero-order valence-corrected chi connectivity index (χ0v) is 8.98. The Balaban J connectivity index is 2.47. The highest BCUT2D eigenvalue weighted by Gasteiger charge is 2.22. The van der Waals surface area contributed by atoms with Gasteiger partial charge in [0.1, 0.15) is 11.9 Å². The van der Waals surface area contributed by atoms with E-state index in [9.17, 15) is 9.18 Å². The molecule has 2 rings (SSSR count). The lowest BCUT2D eigenvalue weighted by Crippen LogP contribution is -2.36. The first-order chi connectivity index (χ1) is 6.58. The molecule has 1 aliphatic rings.